The van der Waals surface area contributed by atoms with E-state index in [2.05, 4.69) is 5.32 Å². The van der Waals surface area contributed by atoms with Crippen molar-refractivity contribution in [3.63, 3.8) is 0 Å². The monoisotopic (exact) mass is 239 g/mol. The molecule has 1 saturated heterocycles. The predicted molar refractivity (Wildman–Crippen MR) is 59.3 cm³/mol. The van der Waals surface area contributed by atoms with Crippen LogP contribution in [0, 0.1) is 5.82 Å². The second kappa shape index (κ2) is 4.07. The molecule has 0 radical (unpaired) electrons. The highest BCUT2D eigenvalue weighted by atomic mass is 19.1. The molecule has 1 atom stereocenters. The van der Waals surface area contributed by atoms with Gasteiger partial charge in [0.2, 0.25) is 18.4 Å². The Hall–Kier alpha value is -1.49. The molecule has 1 unspecified atom stereocenters. The van der Waals surface area contributed by atoms with Crippen LogP contribution < -0.4 is 19.5 Å². The summed E-state index contributed by atoms with van der Waals surface area (Å²) < 4.78 is 29.7. The van der Waals surface area contributed by atoms with Gasteiger partial charge in [0.15, 0.2) is 11.5 Å². The lowest BCUT2D eigenvalue weighted by atomic mass is 9.96. The Morgan fingerprint density at radius 1 is 1.47 bits per heavy atom. The van der Waals surface area contributed by atoms with Gasteiger partial charge < -0.3 is 19.5 Å². The van der Waals surface area contributed by atoms with Crippen molar-refractivity contribution < 1.29 is 18.6 Å². The normalized spacial score (nSPS) is 21.9. The third kappa shape index (κ3) is 1.61. The van der Waals surface area contributed by atoms with Gasteiger partial charge in [-0.2, -0.15) is 4.39 Å². The summed E-state index contributed by atoms with van der Waals surface area (Å²) in [6.45, 7) is 1.86. The summed E-state index contributed by atoms with van der Waals surface area (Å²) >= 11 is 0. The lowest BCUT2D eigenvalue weighted by molar-refractivity contribution is 0.170. The number of halogens is 1. The number of hydrogen-bond acceptors (Lipinski definition) is 4. The Balaban J connectivity index is 2.10. The van der Waals surface area contributed by atoms with Gasteiger partial charge in [-0.05, 0) is 19.0 Å². The Kier molecular flexibility index (Phi) is 2.55. The van der Waals surface area contributed by atoms with E-state index in [-0.39, 0.29) is 24.2 Å². The first kappa shape index (κ1) is 10.7. The zero-order valence-electron chi connectivity index (χ0n) is 9.59. The number of benzene rings is 1. The van der Waals surface area contributed by atoms with Crippen LogP contribution in [-0.4, -0.2) is 27.0 Å². The molecule has 2 heterocycles. The maximum Gasteiger partial charge on any atom is 0.231 e. The smallest absolute Gasteiger partial charge is 0.231 e. The van der Waals surface area contributed by atoms with Gasteiger partial charge in [0, 0.05) is 18.0 Å². The molecule has 0 saturated carbocycles. The van der Waals surface area contributed by atoms with Crippen LogP contribution in [-0.2, 0) is 0 Å². The molecule has 0 spiro atoms. The van der Waals surface area contributed by atoms with Crippen LogP contribution in [0.4, 0.5) is 4.39 Å². The molecule has 1 aromatic carbocycles. The number of methoxy groups -OCH3 is 1. The minimum atomic E-state index is -0.454. The molecule has 0 aromatic heterocycles. The minimum Gasteiger partial charge on any atom is -0.493 e. The molecule has 5 heteroatoms. The Labute approximate surface area is 98.7 Å². The van der Waals surface area contributed by atoms with Gasteiger partial charge in [0.05, 0.1) is 7.11 Å². The van der Waals surface area contributed by atoms with Gasteiger partial charge in [0.1, 0.15) is 0 Å². The Morgan fingerprint density at radius 3 is 3.06 bits per heavy atom. The summed E-state index contributed by atoms with van der Waals surface area (Å²) in [4.78, 5) is 0. The SMILES string of the molecule is COc1c(C2CCNC2)cc2c(c1F)OCO2. The number of rotatable bonds is 2. The first-order valence-electron chi connectivity index (χ1n) is 5.68. The van der Waals surface area contributed by atoms with Gasteiger partial charge in [0.25, 0.3) is 0 Å². The highest BCUT2D eigenvalue weighted by Crippen LogP contribution is 2.45. The second-order valence-corrected chi connectivity index (χ2v) is 4.24. The van der Waals surface area contributed by atoms with Crippen LogP contribution in [0.2, 0.25) is 0 Å². The van der Waals surface area contributed by atoms with E-state index >= 15 is 0 Å². The molecule has 1 fully saturated rings. The van der Waals surface area contributed by atoms with E-state index in [1.165, 1.54) is 7.11 Å². The molecular weight excluding hydrogens is 225 g/mol. The topological polar surface area (TPSA) is 39.7 Å². The predicted octanol–water partition coefficient (Wildman–Crippen LogP) is 1.64. The fraction of sp³-hybridized carbons (Fsp3) is 0.500. The summed E-state index contributed by atoms with van der Waals surface area (Å²) in [7, 11) is 1.48. The quantitative estimate of drug-likeness (QED) is 0.851. The highest BCUT2D eigenvalue weighted by Gasteiger charge is 2.29. The molecule has 0 aliphatic carbocycles. The zero-order valence-corrected chi connectivity index (χ0v) is 9.59. The second-order valence-electron chi connectivity index (χ2n) is 4.24. The van der Waals surface area contributed by atoms with E-state index in [9.17, 15) is 4.39 Å². The lowest BCUT2D eigenvalue weighted by Gasteiger charge is -2.15. The molecule has 0 amide bonds. The maximum absolute atomic E-state index is 14.1. The van der Waals surface area contributed by atoms with Crippen molar-refractivity contribution in [1.29, 1.82) is 0 Å². The first-order chi connectivity index (χ1) is 8.31. The van der Waals surface area contributed by atoms with Crippen molar-refractivity contribution in [3.8, 4) is 17.2 Å². The average Bonchev–Trinajstić information content (AvgIpc) is 2.99. The van der Waals surface area contributed by atoms with Crippen LogP contribution in [0.5, 0.6) is 17.2 Å². The van der Waals surface area contributed by atoms with Gasteiger partial charge in [-0.3, -0.25) is 0 Å². The molecule has 2 aliphatic heterocycles. The number of hydrogen-bond donors (Lipinski definition) is 1. The summed E-state index contributed by atoms with van der Waals surface area (Å²) in [5, 5.41) is 3.26. The largest absolute Gasteiger partial charge is 0.493 e. The molecule has 1 aromatic rings. The van der Waals surface area contributed by atoms with E-state index in [0.29, 0.717) is 5.75 Å². The van der Waals surface area contributed by atoms with E-state index in [0.717, 1.165) is 25.1 Å². The third-order valence-corrected chi connectivity index (χ3v) is 3.29. The highest BCUT2D eigenvalue weighted by molar-refractivity contribution is 5.54. The lowest BCUT2D eigenvalue weighted by Crippen LogP contribution is -2.09. The van der Waals surface area contributed by atoms with Gasteiger partial charge in [-0.1, -0.05) is 0 Å². The molecular formula is C12H14FNO3. The van der Waals surface area contributed by atoms with Crippen molar-refractivity contribution in [2.24, 2.45) is 0 Å². The van der Waals surface area contributed by atoms with Gasteiger partial charge in [-0.15, -0.1) is 0 Å². The summed E-state index contributed by atoms with van der Waals surface area (Å²) in [6.07, 6.45) is 0.982. The molecule has 1 N–H and O–H groups in total. The van der Waals surface area contributed by atoms with Crippen LogP contribution >= 0.6 is 0 Å². The first-order valence-corrected chi connectivity index (χ1v) is 5.68. The summed E-state index contributed by atoms with van der Waals surface area (Å²) in [5.74, 6) is 0.739. The van der Waals surface area contributed by atoms with Crippen LogP contribution in [0.3, 0.4) is 0 Å². The molecule has 3 rings (SSSR count). The van der Waals surface area contributed by atoms with Crippen LogP contribution in [0.25, 0.3) is 0 Å². The molecule has 17 heavy (non-hydrogen) atoms. The van der Waals surface area contributed by atoms with Crippen molar-refractivity contribution in [2.75, 3.05) is 27.0 Å². The summed E-state index contributed by atoms with van der Waals surface area (Å²) in [6, 6.07) is 1.84. The number of ether oxygens (including phenoxy) is 3. The zero-order chi connectivity index (χ0) is 11.8. The third-order valence-electron chi connectivity index (χ3n) is 3.29. The van der Waals surface area contributed by atoms with Gasteiger partial charge >= 0.3 is 0 Å². The standard InChI is InChI=1S/C12H14FNO3/c1-15-11-8(7-2-3-14-5-7)4-9-12(10(11)13)17-6-16-9/h4,7,14H,2-3,5-6H2,1H3. The Morgan fingerprint density at radius 2 is 2.35 bits per heavy atom. The van der Waals surface area contributed by atoms with Crippen molar-refractivity contribution in [1.82, 2.24) is 5.32 Å². The minimum absolute atomic E-state index is 0.0712. The van der Waals surface area contributed by atoms with E-state index < -0.39 is 5.82 Å². The average molecular weight is 239 g/mol. The maximum atomic E-state index is 14.1. The van der Waals surface area contributed by atoms with E-state index in [1.807, 2.05) is 6.07 Å². The van der Waals surface area contributed by atoms with Gasteiger partial charge in [-0.25, -0.2) is 0 Å². The fourth-order valence-corrected chi connectivity index (χ4v) is 2.43. The van der Waals surface area contributed by atoms with Crippen molar-refractivity contribution in [3.05, 3.63) is 17.4 Å². The Bertz CT molecular complexity index is 444. The van der Waals surface area contributed by atoms with Crippen molar-refractivity contribution >= 4 is 0 Å². The molecule has 4 nitrogen and oxygen atoms in total. The molecule has 2 aliphatic rings. The number of fused-ring (bicyclic) bond motifs is 1. The van der Waals surface area contributed by atoms with E-state index in [4.69, 9.17) is 14.2 Å². The molecule has 92 valence electrons. The summed E-state index contributed by atoms with van der Waals surface area (Å²) in [5.41, 5.74) is 0.860. The number of nitrogens with one attached hydrogen (secondary N) is 1. The fourth-order valence-electron chi connectivity index (χ4n) is 2.43. The van der Waals surface area contributed by atoms with Crippen LogP contribution in [0.15, 0.2) is 6.07 Å². The van der Waals surface area contributed by atoms with Crippen molar-refractivity contribution in [2.45, 2.75) is 12.3 Å². The van der Waals surface area contributed by atoms with E-state index in [1.54, 1.807) is 0 Å². The van der Waals surface area contributed by atoms with Crippen LogP contribution in [0.1, 0.15) is 17.9 Å². The molecule has 0 bridgehead atoms.